The van der Waals surface area contributed by atoms with E-state index < -0.39 is 9.84 Å². The molecule has 0 bridgehead atoms. The summed E-state index contributed by atoms with van der Waals surface area (Å²) in [6.07, 6.45) is 2.51. The van der Waals surface area contributed by atoms with Crippen LogP contribution in [-0.2, 0) is 16.3 Å². The zero-order valence-corrected chi connectivity index (χ0v) is 14.1. The Kier molecular flexibility index (Phi) is 6.35. The van der Waals surface area contributed by atoms with Crippen LogP contribution in [0.25, 0.3) is 0 Å². The summed E-state index contributed by atoms with van der Waals surface area (Å²) in [5.74, 6) is 0.0811. The summed E-state index contributed by atoms with van der Waals surface area (Å²) in [4.78, 5) is 0. The fourth-order valence-corrected chi connectivity index (χ4v) is 2.87. The van der Waals surface area contributed by atoms with Gasteiger partial charge in [0.2, 0.25) is 0 Å². The molecule has 0 heterocycles. The van der Waals surface area contributed by atoms with Crippen LogP contribution in [0.4, 0.5) is 4.39 Å². The maximum Gasteiger partial charge on any atom is 0.147 e. The molecule has 1 atom stereocenters. The Morgan fingerprint density at radius 1 is 1.29 bits per heavy atom. The van der Waals surface area contributed by atoms with Crippen molar-refractivity contribution in [3.8, 4) is 0 Å². The molecule has 5 heteroatoms. The van der Waals surface area contributed by atoms with Crippen LogP contribution in [0.1, 0.15) is 32.8 Å². The van der Waals surface area contributed by atoms with Gasteiger partial charge < -0.3 is 5.32 Å². The van der Waals surface area contributed by atoms with Crippen molar-refractivity contribution in [2.24, 2.45) is 5.92 Å². The minimum atomic E-state index is -2.98. The molecule has 0 aliphatic rings. The minimum absolute atomic E-state index is 0.0225. The molecule has 1 aromatic carbocycles. The fourth-order valence-electron chi connectivity index (χ4n) is 2.10. The lowest BCUT2D eigenvalue weighted by molar-refractivity contribution is 0.363. The molecule has 0 aliphatic carbocycles. The molecule has 1 aromatic rings. The van der Waals surface area contributed by atoms with Crippen LogP contribution >= 0.6 is 0 Å². The van der Waals surface area contributed by atoms with Crippen LogP contribution in [0, 0.1) is 11.7 Å². The molecule has 3 nitrogen and oxygen atoms in total. The molecule has 0 saturated heterocycles. The number of nitrogens with one attached hydrogen (secondary N) is 1. The Hall–Kier alpha value is -0.940. The van der Waals surface area contributed by atoms with Gasteiger partial charge in [0.05, 0.1) is 5.75 Å². The quantitative estimate of drug-likeness (QED) is 0.841. The van der Waals surface area contributed by atoms with E-state index in [2.05, 4.69) is 26.1 Å². The Labute approximate surface area is 127 Å². The first-order valence-electron chi connectivity index (χ1n) is 7.22. The van der Waals surface area contributed by atoms with Gasteiger partial charge in [0.25, 0.3) is 0 Å². The highest BCUT2D eigenvalue weighted by atomic mass is 32.2. The molecule has 1 N–H and O–H groups in total. The highest BCUT2D eigenvalue weighted by Crippen LogP contribution is 2.15. The van der Waals surface area contributed by atoms with Gasteiger partial charge in [-0.1, -0.05) is 12.1 Å². The molecule has 0 radical (unpaired) electrons. The van der Waals surface area contributed by atoms with Gasteiger partial charge in [0.1, 0.15) is 15.7 Å². The van der Waals surface area contributed by atoms with E-state index in [-0.39, 0.29) is 23.0 Å². The van der Waals surface area contributed by atoms with Gasteiger partial charge in [0.15, 0.2) is 0 Å². The van der Waals surface area contributed by atoms with Crippen LogP contribution < -0.4 is 5.32 Å². The summed E-state index contributed by atoms with van der Waals surface area (Å²) in [5, 5.41) is 3.40. The van der Waals surface area contributed by atoms with Gasteiger partial charge in [0, 0.05) is 11.8 Å². The second-order valence-electron chi connectivity index (χ2n) is 6.75. The lowest BCUT2D eigenvalue weighted by Crippen LogP contribution is -2.40. The number of sulfone groups is 1. The topological polar surface area (TPSA) is 46.2 Å². The van der Waals surface area contributed by atoms with Crippen LogP contribution in [0.3, 0.4) is 0 Å². The third kappa shape index (κ3) is 8.83. The van der Waals surface area contributed by atoms with E-state index >= 15 is 0 Å². The number of halogens is 1. The van der Waals surface area contributed by atoms with Crippen molar-refractivity contribution in [1.82, 2.24) is 5.32 Å². The summed E-state index contributed by atoms with van der Waals surface area (Å²) in [6, 6.07) is 6.51. The Morgan fingerprint density at radius 3 is 2.48 bits per heavy atom. The van der Waals surface area contributed by atoms with Crippen LogP contribution in [0.2, 0.25) is 0 Å². The second-order valence-corrected chi connectivity index (χ2v) is 9.01. The lowest BCUT2D eigenvalue weighted by atomic mass is 9.95. The zero-order chi connectivity index (χ0) is 16.1. The van der Waals surface area contributed by atoms with Crippen molar-refractivity contribution in [1.29, 1.82) is 0 Å². The highest BCUT2D eigenvalue weighted by molar-refractivity contribution is 7.90. The first-order valence-corrected chi connectivity index (χ1v) is 9.28. The van der Waals surface area contributed by atoms with E-state index in [9.17, 15) is 12.8 Å². The van der Waals surface area contributed by atoms with Gasteiger partial charge >= 0.3 is 0 Å². The summed E-state index contributed by atoms with van der Waals surface area (Å²) in [7, 11) is -2.98. The Balaban J connectivity index is 2.71. The zero-order valence-electron chi connectivity index (χ0n) is 13.3. The highest BCUT2D eigenvalue weighted by Gasteiger charge is 2.17. The third-order valence-electron chi connectivity index (χ3n) is 3.23. The Morgan fingerprint density at radius 2 is 1.95 bits per heavy atom. The van der Waals surface area contributed by atoms with Crippen molar-refractivity contribution in [2.45, 2.75) is 39.2 Å². The van der Waals surface area contributed by atoms with Crippen LogP contribution in [-0.4, -0.2) is 32.5 Å². The normalized spacial score (nSPS) is 14.1. The number of benzene rings is 1. The molecular weight excluding hydrogens is 289 g/mol. The minimum Gasteiger partial charge on any atom is -0.312 e. The molecule has 21 heavy (non-hydrogen) atoms. The van der Waals surface area contributed by atoms with Gasteiger partial charge in [-0.3, -0.25) is 0 Å². The predicted octanol–water partition coefficient (Wildman–Crippen LogP) is 2.81. The standard InChI is InChI=1S/C16H26FNO2S/c1-16(2,3)18-12-14(8-9-21(4,19)20)10-13-6-5-7-15(17)11-13/h5-7,11,14,18H,8-10,12H2,1-4H3. The number of hydrogen-bond acceptors (Lipinski definition) is 3. The van der Waals surface area contributed by atoms with E-state index in [0.29, 0.717) is 12.8 Å². The first-order chi connectivity index (χ1) is 9.55. The molecule has 120 valence electrons. The molecule has 0 saturated carbocycles. The molecule has 1 unspecified atom stereocenters. The lowest BCUT2D eigenvalue weighted by Gasteiger charge is -2.25. The van der Waals surface area contributed by atoms with Crippen molar-refractivity contribution in [3.05, 3.63) is 35.6 Å². The van der Waals surface area contributed by atoms with Crippen LogP contribution in [0.15, 0.2) is 24.3 Å². The van der Waals surface area contributed by atoms with Crippen molar-refractivity contribution in [2.75, 3.05) is 18.6 Å². The van der Waals surface area contributed by atoms with Gasteiger partial charge in [-0.15, -0.1) is 0 Å². The molecule has 0 aliphatic heterocycles. The van der Waals surface area contributed by atoms with E-state index in [1.807, 2.05) is 6.07 Å². The summed E-state index contributed by atoms with van der Waals surface area (Å²) in [6.45, 7) is 6.93. The van der Waals surface area contributed by atoms with Crippen LogP contribution in [0.5, 0.6) is 0 Å². The van der Waals surface area contributed by atoms with E-state index in [1.165, 1.54) is 18.4 Å². The van der Waals surface area contributed by atoms with Gasteiger partial charge in [-0.25, -0.2) is 12.8 Å². The third-order valence-corrected chi connectivity index (χ3v) is 4.21. The van der Waals surface area contributed by atoms with Crippen molar-refractivity contribution < 1.29 is 12.8 Å². The molecule has 0 aromatic heterocycles. The maximum atomic E-state index is 13.3. The second kappa shape index (κ2) is 7.36. The SMILES string of the molecule is CC(C)(C)NCC(CCS(C)(=O)=O)Cc1cccc(F)c1. The maximum absolute atomic E-state index is 13.3. The molecular formula is C16H26FNO2S. The number of hydrogen-bond donors (Lipinski definition) is 1. The summed E-state index contributed by atoms with van der Waals surface area (Å²) < 4.78 is 36.0. The van der Waals surface area contributed by atoms with E-state index in [4.69, 9.17) is 0 Å². The van der Waals surface area contributed by atoms with Gasteiger partial charge in [-0.05, 0) is 63.8 Å². The molecule has 0 fully saturated rings. The molecule has 0 amide bonds. The summed E-state index contributed by atoms with van der Waals surface area (Å²) in [5.41, 5.74) is 0.884. The average molecular weight is 315 g/mol. The predicted molar refractivity (Wildman–Crippen MR) is 85.7 cm³/mol. The van der Waals surface area contributed by atoms with E-state index in [1.54, 1.807) is 6.07 Å². The largest absolute Gasteiger partial charge is 0.312 e. The Bertz CT molecular complexity index is 550. The summed E-state index contributed by atoms with van der Waals surface area (Å²) >= 11 is 0. The average Bonchev–Trinajstić information content (AvgIpc) is 2.30. The van der Waals surface area contributed by atoms with Gasteiger partial charge in [-0.2, -0.15) is 0 Å². The first kappa shape index (κ1) is 18.1. The fraction of sp³-hybridized carbons (Fsp3) is 0.625. The van der Waals surface area contributed by atoms with E-state index in [0.717, 1.165) is 12.1 Å². The molecule has 0 spiro atoms. The van der Waals surface area contributed by atoms with Crippen molar-refractivity contribution >= 4 is 9.84 Å². The van der Waals surface area contributed by atoms with Crippen molar-refractivity contribution in [3.63, 3.8) is 0 Å². The molecule has 1 rings (SSSR count). The smallest absolute Gasteiger partial charge is 0.147 e. The number of rotatable bonds is 7. The monoisotopic (exact) mass is 315 g/mol.